The maximum absolute atomic E-state index is 12.5. The number of ether oxygens (including phenoxy) is 9. The van der Waals surface area contributed by atoms with E-state index in [0.717, 1.165) is 13.8 Å². The number of aliphatic hydroxyl groups is 14. The van der Waals surface area contributed by atoms with Crippen molar-refractivity contribution in [2.24, 2.45) is 0 Å². The zero-order valence-electron chi connectivity index (χ0n) is 33.0. The molecule has 0 aromatic carbocycles. The van der Waals surface area contributed by atoms with E-state index in [1.807, 2.05) is 0 Å². The van der Waals surface area contributed by atoms with Gasteiger partial charge in [0.25, 0.3) is 0 Å². The second-order valence-corrected chi connectivity index (χ2v) is 15.4. The standard InChI is InChI=1S/C34H58N2O25/c1-8-17(43)21(47)23(49)32(53-8)60-28-16(36-10(3)42)30(52)54-14(7-40)27(28)59-31-15(35-9(2)41)20(46)26(13(6-39)57-31)58-34-25(51)29(19(45)12(5-38)56-34)61-33-24(50)22(48)18(44)11(4-37)55-33/h8,11-34,37-40,43-52H,4-7H2,1-3H3,(H,35,41)(H,36,42)/t8-,11-,12-,13-,14-,15-,16-,17+,18-,19-,20-,21+,22+,23-,24+,25+,26-,27-,28-,29+,30-,31+,32-,33-,34+/m1/s1. The molecule has 0 radical (unpaired) electrons. The minimum atomic E-state index is -2.09. The van der Waals surface area contributed by atoms with Crippen molar-refractivity contribution in [3.63, 3.8) is 0 Å². The molecule has 61 heavy (non-hydrogen) atoms. The average Bonchev–Trinajstić information content (AvgIpc) is 3.22. The molecule has 27 nitrogen and oxygen atoms in total. The van der Waals surface area contributed by atoms with Gasteiger partial charge in [-0.2, -0.15) is 0 Å². The Kier molecular flexibility index (Phi) is 17.5. The van der Waals surface area contributed by atoms with Gasteiger partial charge in [0.2, 0.25) is 11.8 Å². The number of carbonyl (C=O) groups excluding carboxylic acids is 2. The number of rotatable bonds is 14. The van der Waals surface area contributed by atoms with E-state index < -0.39 is 192 Å². The normalized spacial score (nSPS) is 49.6. The Morgan fingerprint density at radius 3 is 1.41 bits per heavy atom. The Labute approximate surface area is 346 Å². The van der Waals surface area contributed by atoms with E-state index in [9.17, 15) is 81.1 Å². The lowest BCUT2D eigenvalue weighted by atomic mass is 9.93. The van der Waals surface area contributed by atoms with Gasteiger partial charge in [0.05, 0.1) is 32.5 Å². The highest BCUT2D eigenvalue weighted by Gasteiger charge is 2.57. The van der Waals surface area contributed by atoms with Crippen molar-refractivity contribution >= 4 is 11.8 Å². The van der Waals surface area contributed by atoms with Crippen LogP contribution in [0.4, 0.5) is 0 Å². The molecule has 2 amide bonds. The van der Waals surface area contributed by atoms with Crippen LogP contribution in [0.2, 0.25) is 0 Å². The number of aliphatic hydroxyl groups excluding tert-OH is 14. The van der Waals surface area contributed by atoms with Gasteiger partial charge < -0.3 is 125 Å². The summed E-state index contributed by atoms with van der Waals surface area (Å²) in [6.07, 6.45) is -40.8. The van der Waals surface area contributed by atoms with E-state index in [2.05, 4.69) is 10.6 Å². The van der Waals surface area contributed by atoms with Crippen molar-refractivity contribution in [1.82, 2.24) is 10.6 Å². The van der Waals surface area contributed by atoms with E-state index in [1.165, 1.54) is 6.92 Å². The van der Waals surface area contributed by atoms with Crippen LogP contribution in [0.25, 0.3) is 0 Å². The van der Waals surface area contributed by atoms with Crippen LogP contribution < -0.4 is 10.6 Å². The first-order valence-electron chi connectivity index (χ1n) is 19.5. The first-order valence-corrected chi connectivity index (χ1v) is 19.5. The Morgan fingerprint density at radius 2 is 0.852 bits per heavy atom. The van der Waals surface area contributed by atoms with Gasteiger partial charge in [0.15, 0.2) is 31.5 Å². The van der Waals surface area contributed by atoms with Gasteiger partial charge in [-0.05, 0) is 6.92 Å². The monoisotopic (exact) mass is 894 g/mol. The summed E-state index contributed by atoms with van der Waals surface area (Å²) in [4.78, 5) is 24.8. The maximum atomic E-state index is 12.5. The SMILES string of the molecule is CC(=O)N[C@@H]1[C@@H](O[C@H]2O[C@H](C)[C@H](O)[C@H](O)[C@H]2O)[C@H](O[C@@H]2O[C@H](CO)[C@@H](O[C@@H]3O[C@H](CO)[C@@H](O)[C@H](O[C@H]4O[C@H](CO)[C@@H](O)[C@H](O)[C@@H]4O)[C@@H]3O)[C@H](O)[C@H]2NC(C)=O)[C@@H](CO)O[C@H]1O. The maximum Gasteiger partial charge on any atom is 0.217 e. The smallest absolute Gasteiger partial charge is 0.217 e. The molecule has 25 atom stereocenters. The Balaban J connectivity index is 1.42. The first kappa shape index (κ1) is 50.0. The molecular formula is C34H58N2O25. The lowest BCUT2D eigenvalue weighted by Crippen LogP contribution is -2.71. The summed E-state index contributed by atoms with van der Waals surface area (Å²) >= 11 is 0. The van der Waals surface area contributed by atoms with Gasteiger partial charge in [-0.1, -0.05) is 0 Å². The summed E-state index contributed by atoms with van der Waals surface area (Å²) < 4.78 is 51.6. The highest BCUT2D eigenvalue weighted by molar-refractivity contribution is 5.73. The van der Waals surface area contributed by atoms with Gasteiger partial charge in [-0.3, -0.25) is 9.59 Å². The molecule has 0 spiro atoms. The first-order chi connectivity index (χ1) is 28.8. The Bertz CT molecular complexity index is 1420. The van der Waals surface area contributed by atoms with Crippen LogP contribution >= 0.6 is 0 Å². The summed E-state index contributed by atoms with van der Waals surface area (Å²) in [7, 11) is 0. The molecule has 5 aliphatic heterocycles. The highest BCUT2D eigenvalue weighted by Crippen LogP contribution is 2.36. The Morgan fingerprint density at radius 1 is 0.426 bits per heavy atom. The summed E-state index contributed by atoms with van der Waals surface area (Å²) in [5, 5.41) is 153. The van der Waals surface area contributed by atoms with E-state index in [-0.39, 0.29) is 0 Å². The second kappa shape index (κ2) is 21.3. The number of hydrogen-bond acceptors (Lipinski definition) is 25. The molecule has 5 fully saturated rings. The zero-order chi connectivity index (χ0) is 45.2. The van der Waals surface area contributed by atoms with Gasteiger partial charge in [0.1, 0.15) is 116 Å². The van der Waals surface area contributed by atoms with Crippen molar-refractivity contribution < 1.29 is 124 Å². The van der Waals surface area contributed by atoms with Crippen LogP contribution in [-0.2, 0) is 52.2 Å². The third kappa shape index (κ3) is 10.8. The number of hydrogen-bond donors (Lipinski definition) is 16. The second-order valence-electron chi connectivity index (χ2n) is 15.4. The molecular weight excluding hydrogens is 836 g/mol. The van der Waals surface area contributed by atoms with Crippen LogP contribution in [-0.4, -0.2) is 263 Å². The third-order valence-corrected chi connectivity index (χ3v) is 11.1. The van der Waals surface area contributed by atoms with Crippen molar-refractivity contribution in [1.29, 1.82) is 0 Å². The number of nitrogens with one attached hydrogen (secondary N) is 2. The van der Waals surface area contributed by atoms with Crippen molar-refractivity contribution in [3.8, 4) is 0 Å². The highest BCUT2D eigenvalue weighted by atomic mass is 16.8. The lowest BCUT2D eigenvalue weighted by Gasteiger charge is -2.51. The van der Waals surface area contributed by atoms with Crippen molar-refractivity contribution in [2.75, 3.05) is 26.4 Å². The summed E-state index contributed by atoms with van der Waals surface area (Å²) in [6, 6.07) is -3.28. The molecule has 5 saturated heterocycles. The largest absolute Gasteiger partial charge is 0.394 e. The van der Waals surface area contributed by atoms with E-state index in [4.69, 9.17) is 42.6 Å². The predicted molar refractivity (Wildman–Crippen MR) is 188 cm³/mol. The summed E-state index contributed by atoms with van der Waals surface area (Å²) in [6.45, 7) is -0.228. The van der Waals surface area contributed by atoms with Gasteiger partial charge in [0, 0.05) is 13.8 Å². The third-order valence-electron chi connectivity index (χ3n) is 11.1. The minimum absolute atomic E-state index is 0.735. The molecule has 5 aliphatic rings. The van der Waals surface area contributed by atoms with E-state index in [1.54, 1.807) is 0 Å². The fourth-order valence-corrected chi connectivity index (χ4v) is 7.77. The molecule has 0 aliphatic carbocycles. The Hall–Kier alpha value is -1.98. The van der Waals surface area contributed by atoms with E-state index >= 15 is 0 Å². The number of amides is 2. The van der Waals surface area contributed by atoms with Gasteiger partial charge in [-0.15, -0.1) is 0 Å². The van der Waals surface area contributed by atoms with Crippen LogP contribution in [0.1, 0.15) is 20.8 Å². The molecule has 27 heteroatoms. The molecule has 5 heterocycles. The van der Waals surface area contributed by atoms with Crippen LogP contribution in [0.5, 0.6) is 0 Å². The fourth-order valence-electron chi connectivity index (χ4n) is 7.77. The average molecular weight is 895 g/mol. The predicted octanol–water partition coefficient (Wildman–Crippen LogP) is -10.6. The molecule has 0 bridgehead atoms. The molecule has 0 saturated carbocycles. The zero-order valence-corrected chi connectivity index (χ0v) is 33.0. The number of carbonyl (C=O) groups is 2. The molecule has 5 rings (SSSR count). The quantitative estimate of drug-likeness (QED) is 0.0770. The molecule has 0 unspecified atom stereocenters. The molecule has 354 valence electrons. The van der Waals surface area contributed by atoms with Crippen LogP contribution in [0.15, 0.2) is 0 Å². The van der Waals surface area contributed by atoms with E-state index in [0.29, 0.717) is 0 Å². The van der Waals surface area contributed by atoms with Crippen molar-refractivity contribution in [2.45, 2.75) is 174 Å². The molecule has 16 N–H and O–H groups in total. The van der Waals surface area contributed by atoms with Crippen LogP contribution in [0, 0.1) is 0 Å². The lowest BCUT2D eigenvalue weighted by molar-refractivity contribution is -0.384. The van der Waals surface area contributed by atoms with Crippen LogP contribution in [0.3, 0.4) is 0 Å². The van der Waals surface area contributed by atoms with Crippen molar-refractivity contribution in [3.05, 3.63) is 0 Å². The van der Waals surface area contributed by atoms with Gasteiger partial charge in [-0.25, -0.2) is 0 Å². The summed E-state index contributed by atoms with van der Waals surface area (Å²) in [5.41, 5.74) is 0. The van der Waals surface area contributed by atoms with Gasteiger partial charge >= 0.3 is 0 Å². The summed E-state index contributed by atoms with van der Waals surface area (Å²) in [5.74, 6) is -1.54. The topological polar surface area (TPSA) is 424 Å². The fraction of sp³-hybridized carbons (Fsp3) is 0.941. The molecule has 0 aromatic rings. The molecule has 0 aromatic heterocycles. The minimum Gasteiger partial charge on any atom is -0.394 e.